The molecule has 2 aromatic rings. The van der Waals surface area contributed by atoms with Crippen molar-refractivity contribution < 1.29 is 9.47 Å². The molecule has 2 atom stereocenters. The smallest absolute Gasteiger partial charge is 0.151 e. The molecule has 2 heterocycles. The number of nitrogens with one attached hydrogen (secondary N) is 1. The lowest BCUT2D eigenvalue weighted by Crippen LogP contribution is -2.43. The molecule has 1 saturated carbocycles. The highest BCUT2D eigenvalue weighted by atomic mass is 16.5. The molecule has 1 aliphatic heterocycles. The minimum atomic E-state index is -0.120. The second-order valence-electron chi connectivity index (χ2n) is 6.22. The van der Waals surface area contributed by atoms with Gasteiger partial charge in [0.15, 0.2) is 6.10 Å². The van der Waals surface area contributed by atoms with Gasteiger partial charge in [0.1, 0.15) is 11.9 Å². The van der Waals surface area contributed by atoms with E-state index in [0.717, 1.165) is 36.7 Å². The Morgan fingerprint density at radius 3 is 2.74 bits per heavy atom. The number of hydrogen-bond acceptors (Lipinski definition) is 4. The van der Waals surface area contributed by atoms with Crippen molar-refractivity contribution in [1.82, 2.24) is 10.3 Å². The molecule has 120 valence electrons. The van der Waals surface area contributed by atoms with Crippen LogP contribution >= 0.6 is 0 Å². The van der Waals surface area contributed by atoms with E-state index in [-0.39, 0.29) is 12.2 Å². The predicted molar refractivity (Wildman–Crippen MR) is 88.6 cm³/mol. The number of pyridine rings is 1. The number of nitrogens with zero attached hydrogens (tertiary/aromatic N) is 1. The summed E-state index contributed by atoms with van der Waals surface area (Å²) in [5.74, 6) is 1.46. The van der Waals surface area contributed by atoms with Crippen molar-refractivity contribution >= 4 is 0 Å². The summed E-state index contributed by atoms with van der Waals surface area (Å²) in [5, 5.41) is 3.40. The molecule has 4 nitrogen and oxygen atoms in total. The van der Waals surface area contributed by atoms with E-state index in [1.54, 1.807) is 0 Å². The zero-order valence-corrected chi connectivity index (χ0v) is 13.2. The minimum Gasteiger partial charge on any atom is -0.481 e. The van der Waals surface area contributed by atoms with E-state index in [9.17, 15) is 0 Å². The first-order valence-electron chi connectivity index (χ1n) is 8.40. The highest BCUT2D eigenvalue weighted by molar-refractivity contribution is 5.34. The van der Waals surface area contributed by atoms with Crippen LogP contribution in [0.5, 0.6) is 5.75 Å². The Bertz CT molecular complexity index is 637. The first-order chi connectivity index (χ1) is 11.4. The summed E-state index contributed by atoms with van der Waals surface area (Å²) < 4.78 is 12.4. The van der Waals surface area contributed by atoms with Crippen molar-refractivity contribution in [3.63, 3.8) is 0 Å². The number of hydrogen-bond donors (Lipinski definition) is 1. The van der Waals surface area contributed by atoms with E-state index in [4.69, 9.17) is 9.47 Å². The minimum absolute atomic E-state index is 0.0124. The molecule has 2 unspecified atom stereocenters. The summed E-state index contributed by atoms with van der Waals surface area (Å²) in [5.41, 5.74) is 2.24. The molecular weight excluding hydrogens is 288 g/mol. The van der Waals surface area contributed by atoms with Crippen LogP contribution in [0.3, 0.4) is 0 Å². The summed E-state index contributed by atoms with van der Waals surface area (Å²) in [6.45, 7) is 2.43. The van der Waals surface area contributed by atoms with Gasteiger partial charge in [0, 0.05) is 25.2 Å². The van der Waals surface area contributed by atoms with Crippen LogP contribution in [0.15, 0.2) is 48.7 Å². The maximum absolute atomic E-state index is 6.44. The normalized spacial score (nSPS) is 22.5. The average Bonchev–Trinajstić information content (AvgIpc) is 3.46. The van der Waals surface area contributed by atoms with Crippen LogP contribution < -0.4 is 10.1 Å². The second kappa shape index (κ2) is 6.69. The van der Waals surface area contributed by atoms with E-state index in [1.165, 1.54) is 12.8 Å². The molecule has 0 radical (unpaired) electrons. The molecule has 2 fully saturated rings. The molecule has 4 heteroatoms. The topological polar surface area (TPSA) is 43.4 Å². The zero-order chi connectivity index (χ0) is 15.5. The molecule has 0 spiro atoms. The van der Waals surface area contributed by atoms with E-state index in [0.29, 0.717) is 5.92 Å². The molecule has 1 aromatic carbocycles. The molecule has 1 N–H and O–H groups in total. The van der Waals surface area contributed by atoms with Crippen LogP contribution in [0.2, 0.25) is 0 Å². The third kappa shape index (κ3) is 3.38. The predicted octanol–water partition coefficient (Wildman–Crippen LogP) is 3.07. The van der Waals surface area contributed by atoms with Crippen molar-refractivity contribution in [2.24, 2.45) is 0 Å². The van der Waals surface area contributed by atoms with Crippen LogP contribution in [0.1, 0.15) is 36.1 Å². The van der Waals surface area contributed by atoms with Crippen molar-refractivity contribution in [1.29, 1.82) is 0 Å². The van der Waals surface area contributed by atoms with Gasteiger partial charge in [0.25, 0.3) is 0 Å². The third-order valence-electron chi connectivity index (χ3n) is 4.44. The van der Waals surface area contributed by atoms with Crippen molar-refractivity contribution in [3.8, 4) is 5.75 Å². The lowest BCUT2D eigenvalue weighted by molar-refractivity contribution is -0.0436. The van der Waals surface area contributed by atoms with Crippen LogP contribution in [0.4, 0.5) is 0 Å². The summed E-state index contributed by atoms with van der Waals surface area (Å²) in [7, 11) is 0. The Morgan fingerprint density at radius 1 is 1.13 bits per heavy atom. The van der Waals surface area contributed by atoms with Crippen LogP contribution in [0, 0.1) is 0 Å². The van der Waals surface area contributed by atoms with E-state index >= 15 is 0 Å². The quantitative estimate of drug-likeness (QED) is 0.922. The zero-order valence-electron chi connectivity index (χ0n) is 13.2. The number of rotatable bonds is 5. The van der Waals surface area contributed by atoms with E-state index in [2.05, 4.69) is 22.4 Å². The van der Waals surface area contributed by atoms with Gasteiger partial charge >= 0.3 is 0 Å². The van der Waals surface area contributed by atoms with Crippen molar-refractivity contribution in [2.45, 2.75) is 31.0 Å². The van der Waals surface area contributed by atoms with Gasteiger partial charge in [-0.2, -0.15) is 0 Å². The standard InChI is InChI=1S/C19H22N2O2/c1-2-5-15(6-3-1)19(17-13-20-11-12-22-17)23-16-7-4-10-21-18(16)14-8-9-14/h1-7,10,14,17,19-20H,8-9,11-13H2. The molecule has 0 bridgehead atoms. The van der Waals surface area contributed by atoms with E-state index < -0.39 is 0 Å². The first-order valence-corrected chi connectivity index (χ1v) is 8.40. The van der Waals surface area contributed by atoms with Gasteiger partial charge in [0.2, 0.25) is 0 Å². The average molecular weight is 310 g/mol. The van der Waals surface area contributed by atoms with E-state index in [1.807, 2.05) is 36.5 Å². The number of morpholine rings is 1. The van der Waals surface area contributed by atoms with Gasteiger partial charge in [-0.1, -0.05) is 30.3 Å². The fourth-order valence-electron chi connectivity index (χ4n) is 3.08. The van der Waals surface area contributed by atoms with Gasteiger partial charge in [-0.05, 0) is 30.5 Å². The van der Waals surface area contributed by atoms with Crippen molar-refractivity contribution in [3.05, 3.63) is 59.9 Å². The van der Waals surface area contributed by atoms with Gasteiger partial charge in [0.05, 0.1) is 12.3 Å². The van der Waals surface area contributed by atoms with Gasteiger partial charge in [-0.25, -0.2) is 0 Å². The molecule has 0 amide bonds. The van der Waals surface area contributed by atoms with Gasteiger partial charge < -0.3 is 14.8 Å². The molecule has 2 aliphatic rings. The maximum atomic E-state index is 6.44. The molecule has 1 aliphatic carbocycles. The molecule has 1 saturated heterocycles. The fourth-order valence-corrected chi connectivity index (χ4v) is 3.08. The van der Waals surface area contributed by atoms with Gasteiger partial charge in [-0.15, -0.1) is 0 Å². The Labute approximate surface area is 136 Å². The Kier molecular flexibility index (Phi) is 4.26. The van der Waals surface area contributed by atoms with Crippen LogP contribution in [-0.2, 0) is 4.74 Å². The summed E-state index contributed by atoms with van der Waals surface area (Å²) >= 11 is 0. The number of aromatic nitrogens is 1. The number of benzene rings is 1. The second-order valence-corrected chi connectivity index (χ2v) is 6.22. The Morgan fingerprint density at radius 2 is 2.00 bits per heavy atom. The number of ether oxygens (including phenoxy) is 2. The third-order valence-corrected chi connectivity index (χ3v) is 4.44. The lowest BCUT2D eigenvalue weighted by atomic mass is 10.0. The first kappa shape index (κ1) is 14.7. The van der Waals surface area contributed by atoms with Gasteiger partial charge in [-0.3, -0.25) is 4.98 Å². The molecule has 1 aromatic heterocycles. The summed E-state index contributed by atoms with van der Waals surface area (Å²) in [6.07, 6.45) is 4.18. The summed E-state index contributed by atoms with van der Waals surface area (Å²) in [6, 6.07) is 14.3. The van der Waals surface area contributed by atoms with Crippen molar-refractivity contribution in [2.75, 3.05) is 19.7 Å². The Hall–Kier alpha value is -1.91. The SMILES string of the molecule is c1ccc(C(Oc2cccnc2C2CC2)C2CNCCO2)cc1. The largest absolute Gasteiger partial charge is 0.481 e. The fraction of sp³-hybridized carbons (Fsp3) is 0.421. The van der Waals surface area contributed by atoms with Crippen LogP contribution in [0.25, 0.3) is 0 Å². The lowest BCUT2D eigenvalue weighted by Gasteiger charge is -2.32. The maximum Gasteiger partial charge on any atom is 0.151 e. The molecule has 23 heavy (non-hydrogen) atoms. The molecule has 4 rings (SSSR count). The highest BCUT2D eigenvalue weighted by Gasteiger charge is 2.32. The Balaban J connectivity index is 1.63. The van der Waals surface area contributed by atoms with Crippen LogP contribution in [-0.4, -0.2) is 30.8 Å². The molecular formula is C19H22N2O2. The monoisotopic (exact) mass is 310 g/mol. The highest BCUT2D eigenvalue weighted by Crippen LogP contribution is 2.44. The summed E-state index contributed by atoms with van der Waals surface area (Å²) in [4.78, 5) is 4.55.